The molecule has 3 aromatic rings. The number of hydrogen-bond acceptors (Lipinski definition) is 16. The van der Waals surface area contributed by atoms with E-state index in [0.717, 1.165) is 25.5 Å². The van der Waals surface area contributed by atoms with Gasteiger partial charge >= 0.3 is 41.8 Å². The van der Waals surface area contributed by atoms with E-state index in [1.165, 1.54) is 0 Å². The highest BCUT2D eigenvalue weighted by Gasteiger charge is 2.32. The number of nitrogens with zero attached hydrogens (tertiary/aromatic N) is 4. The molecule has 0 aromatic heterocycles. The van der Waals surface area contributed by atoms with Crippen LogP contribution in [0.1, 0.15) is 101 Å². The van der Waals surface area contributed by atoms with Gasteiger partial charge in [0.25, 0.3) is 0 Å². The van der Waals surface area contributed by atoms with Crippen molar-refractivity contribution in [2.75, 3.05) is 98.2 Å². The van der Waals surface area contributed by atoms with Gasteiger partial charge in [0, 0.05) is 101 Å². The van der Waals surface area contributed by atoms with Crippen LogP contribution in [0.5, 0.6) is 0 Å². The van der Waals surface area contributed by atoms with E-state index in [9.17, 15) is 83.1 Å². The van der Waals surface area contributed by atoms with Crippen LogP contribution in [0.3, 0.4) is 0 Å². The Morgan fingerprint density at radius 1 is 0.453 bits per heavy atom. The Balaban J connectivity index is 1.14. The van der Waals surface area contributed by atoms with Crippen molar-refractivity contribution in [2.45, 2.75) is 127 Å². The quantitative estimate of drug-likeness (QED) is 0.0288. The van der Waals surface area contributed by atoms with Crippen LogP contribution in [0.15, 0.2) is 66.7 Å². The summed E-state index contributed by atoms with van der Waals surface area (Å²) in [4.78, 5) is 158. The summed E-state index contributed by atoms with van der Waals surface area (Å²) in [5, 5.41) is 77.7. The van der Waals surface area contributed by atoms with Gasteiger partial charge in [-0.25, -0.2) is 14.4 Å². The van der Waals surface area contributed by atoms with Crippen molar-refractivity contribution >= 4 is 105 Å². The Labute approximate surface area is 565 Å². The molecule has 2 aliphatic rings. The summed E-state index contributed by atoms with van der Waals surface area (Å²) in [5.41, 5.74) is 1.87. The Morgan fingerprint density at radius 2 is 0.947 bits per heavy atom. The van der Waals surface area contributed by atoms with Crippen molar-refractivity contribution in [3.63, 3.8) is 0 Å². The summed E-state index contributed by atoms with van der Waals surface area (Å²) < 4.78 is 1.09. The van der Waals surface area contributed by atoms with Crippen molar-refractivity contribution in [1.82, 2.24) is 56.8 Å². The number of aryl methyl sites for hydroxylation is 1. The lowest BCUT2D eigenvalue weighted by molar-refractivity contribution is -0.141. The minimum atomic E-state index is -1.56. The van der Waals surface area contributed by atoms with Crippen molar-refractivity contribution in [1.29, 1.82) is 0 Å². The predicted molar refractivity (Wildman–Crippen MR) is 356 cm³/mol. The monoisotopic (exact) mass is 1440 g/mol. The lowest BCUT2D eigenvalue weighted by Crippen LogP contribution is -2.51. The number of urea groups is 1. The number of unbranched alkanes of at least 4 members (excludes halogenated alkanes) is 2. The maximum absolute atomic E-state index is 14.0. The van der Waals surface area contributed by atoms with Crippen LogP contribution in [0.2, 0.25) is 0 Å². The van der Waals surface area contributed by atoms with Gasteiger partial charge in [0.05, 0.1) is 26.2 Å². The van der Waals surface area contributed by atoms with Gasteiger partial charge in [-0.15, -0.1) is 0 Å². The van der Waals surface area contributed by atoms with Gasteiger partial charge in [-0.05, 0) is 146 Å². The number of aliphatic carboxylic acids is 6. The van der Waals surface area contributed by atoms with Crippen molar-refractivity contribution < 1.29 is 88.2 Å². The highest BCUT2D eigenvalue weighted by Crippen LogP contribution is 2.29. The highest BCUT2D eigenvalue weighted by molar-refractivity contribution is 14.1. The molecule has 4 atom stereocenters. The zero-order valence-electron chi connectivity index (χ0n) is 53.5. The predicted octanol–water partition coefficient (Wildman–Crippen LogP) is 2.02. The van der Waals surface area contributed by atoms with E-state index in [-0.39, 0.29) is 166 Å². The summed E-state index contributed by atoms with van der Waals surface area (Å²) in [6.45, 7) is 1.66. The maximum atomic E-state index is 14.0. The molecule has 0 unspecified atom stereocenters. The Kier molecular flexibility index (Phi) is 34.1. The molecule has 1 saturated carbocycles. The minimum absolute atomic E-state index is 0.00184. The number of hydrogen-bond donors (Lipinski definition) is 13. The van der Waals surface area contributed by atoms with E-state index < -0.39 is 90.7 Å². The van der Waals surface area contributed by atoms with Crippen LogP contribution in [-0.2, 0) is 65.6 Å². The van der Waals surface area contributed by atoms with Gasteiger partial charge in [0.2, 0.25) is 29.5 Å². The van der Waals surface area contributed by atoms with Crippen LogP contribution in [0, 0.1) is 15.4 Å². The van der Waals surface area contributed by atoms with Crippen LogP contribution in [0.25, 0.3) is 10.8 Å². The fourth-order valence-corrected chi connectivity index (χ4v) is 11.8. The number of carboxylic acids is 6. The number of carboxylic acid groups (broad SMARTS) is 6. The Bertz CT molecular complexity index is 3030. The lowest BCUT2D eigenvalue weighted by Gasteiger charge is -2.32. The molecule has 522 valence electrons. The molecule has 5 rings (SSSR count). The molecule has 1 aliphatic heterocycles. The molecular weight excluding hydrogens is 1350 g/mol. The van der Waals surface area contributed by atoms with Gasteiger partial charge < -0.3 is 67.9 Å². The number of amides is 7. The zero-order valence-corrected chi connectivity index (χ0v) is 55.6. The second-order valence-electron chi connectivity index (χ2n) is 24.3. The van der Waals surface area contributed by atoms with Crippen molar-refractivity contribution in [3.8, 4) is 0 Å². The summed E-state index contributed by atoms with van der Waals surface area (Å²) in [6, 6.07) is 15.5. The maximum Gasteiger partial charge on any atom is 0.326 e. The van der Waals surface area contributed by atoms with Gasteiger partial charge in [-0.1, -0.05) is 54.6 Å². The molecule has 7 amide bonds. The molecule has 29 nitrogen and oxygen atoms in total. The van der Waals surface area contributed by atoms with Gasteiger partial charge in [-0.2, -0.15) is 0 Å². The van der Waals surface area contributed by atoms with Crippen LogP contribution in [0.4, 0.5) is 4.79 Å². The van der Waals surface area contributed by atoms with E-state index in [2.05, 4.69) is 59.8 Å². The normalized spacial score (nSPS) is 17.4. The van der Waals surface area contributed by atoms with Crippen molar-refractivity contribution in [3.05, 3.63) is 81.4 Å². The molecule has 95 heavy (non-hydrogen) atoms. The van der Waals surface area contributed by atoms with Crippen LogP contribution < -0.4 is 37.2 Å². The number of fused-ring (bicyclic) bond motifs is 1. The SMILES string of the molecule is O=C(O)CC[C@H](NC(=O)N[C@@H](CCCCNC(=O)[C@H](Cc1ccc2ccccc2c1)NC(=O)C1CCC(CNC(=O)[C@@H](CCCCNC(=O)CN2CCN(CC(=O)O)CCN(CC(=O)O)CCN(CC(=O)O)CC2)NC(=O)CCCc2ccc(I)cc2)CC1)C(=O)O)C(=O)O. The second kappa shape index (κ2) is 41.7. The standard InChI is InChI=1S/C65H92IN11O18/c66-49-22-17-43(18-23-49)8-7-13-54(78)70-50(11-3-5-26-67-55(79)39-74-28-30-75(40-57(82)83)32-34-77(42-59(86)87)35-33-76(31-29-74)41-58(84)85)61(89)69-38-44-14-20-47(21-15-44)60(88)71-53(37-45-16-19-46-9-1-2-10-48(46)36-45)62(90)68-27-6-4-12-51(63(91)92)72-65(95)73-52(64(93)94)24-25-56(80)81/h1-2,9-10,16-19,22-23,36,44,47,50-53H,3-8,11-15,20-21,24-35,37-42H2,(H,67,79)(H,68,90)(H,69,89)(H,70,78)(H,71,88)(H,80,81)(H,82,83)(H,84,85)(H,86,87)(H,91,92)(H,93,94)(H2,72,73,95)/t44?,47?,50-,51+,52+,53+/m1/s1. The summed E-state index contributed by atoms with van der Waals surface area (Å²) in [6.07, 6.45) is 4.28. The average molecular weight is 1440 g/mol. The van der Waals surface area contributed by atoms with E-state index >= 15 is 0 Å². The van der Waals surface area contributed by atoms with Crippen molar-refractivity contribution in [2.24, 2.45) is 11.8 Å². The number of benzene rings is 3. The first-order valence-corrected chi connectivity index (χ1v) is 33.4. The molecule has 1 saturated heterocycles. The summed E-state index contributed by atoms with van der Waals surface area (Å²) >= 11 is 2.23. The molecule has 3 aromatic carbocycles. The number of carbonyl (C=O) groups excluding carboxylic acids is 6. The third-order valence-corrected chi connectivity index (χ3v) is 17.5. The number of halogens is 1. The van der Waals surface area contributed by atoms with Crippen LogP contribution >= 0.6 is 22.6 Å². The molecule has 1 aliphatic carbocycles. The molecule has 0 spiro atoms. The van der Waals surface area contributed by atoms with E-state index in [1.807, 2.05) is 71.6 Å². The molecule has 0 bridgehead atoms. The highest BCUT2D eigenvalue weighted by atomic mass is 127. The van der Waals surface area contributed by atoms with E-state index in [1.54, 1.807) is 14.7 Å². The molecule has 30 heteroatoms. The number of carbonyl (C=O) groups is 12. The molecule has 13 N–H and O–H groups in total. The van der Waals surface area contributed by atoms with Gasteiger partial charge in [-0.3, -0.25) is 62.8 Å². The lowest BCUT2D eigenvalue weighted by atomic mass is 9.81. The first kappa shape index (κ1) is 77.6. The second-order valence-corrected chi connectivity index (χ2v) is 25.5. The fourth-order valence-electron chi connectivity index (χ4n) is 11.4. The van der Waals surface area contributed by atoms with E-state index in [4.69, 9.17) is 5.11 Å². The van der Waals surface area contributed by atoms with Gasteiger partial charge in [0.1, 0.15) is 24.2 Å². The zero-order chi connectivity index (χ0) is 69.2. The number of nitrogens with one attached hydrogen (secondary N) is 7. The smallest absolute Gasteiger partial charge is 0.326 e. The molecule has 0 radical (unpaired) electrons. The fraction of sp³-hybridized carbons (Fsp3) is 0.569. The topological polar surface area (TPSA) is 423 Å². The van der Waals surface area contributed by atoms with Crippen LogP contribution in [-0.4, -0.2) is 244 Å². The third-order valence-electron chi connectivity index (χ3n) is 16.8. The summed E-state index contributed by atoms with van der Waals surface area (Å²) in [5.74, 6) is -9.54. The molecule has 2 fully saturated rings. The number of rotatable bonds is 38. The third kappa shape index (κ3) is 30.9. The Morgan fingerprint density at radius 3 is 1.48 bits per heavy atom. The van der Waals surface area contributed by atoms with E-state index in [0.29, 0.717) is 51.4 Å². The molecular formula is C65H92IN11O18. The summed E-state index contributed by atoms with van der Waals surface area (Å²) in [7, 11) is 0. The van der Waals surface area contributed by atoms with Gasteiger partial charge in [0.15, 0.2) is 0 Å². The first-order chi connectivity index (χ1) is 45.4. The average Bonchev–Trinajstić information content (AvgIpc) is 0.857. The first-order valence-electron chi connectivity index (χ1n) is 32.3. The minimum Gasteiger partial charge on any atom is -0.481 e. The molecule has 1 heterocycles. The Hall–Kier alpha value is -8.07. The largest absolute Gasteiger partial charge is 0.481 e.